The molecule has 1 saturated heterocycles. The molecule has 0 aliphatic carbocycles. The number of urea groups is 1. The van der Waals surface area contributed by atoms with E-state index in [4.69, 9.17) is 16.5 Å². The number of para-hydroxylation sites is 1. The lowest BCUT2D eigenvalue weighted by Crippen LogP contribution is -2.46. The van der Waals surface area contributed by atoms with Crippen molar-refractivity contribution in [3.05, 3.63) is 29.8 Å². The van der Waals surface area contributed by atoms with Crippen molar-refractivity contribution in [1.29, 1.82) is 0 Å². The molecule has 2 amide bonds. The van der Waals surface area contributed by atoms with Crippen LogP contribution in [0.25, 0.3) is 10.9 Å². The zero-order valence-corrected chi connectivity index (χ0v) is 19.5. The summed E-state index contributed by atoms with van der Waals surface area (Å²) >= 11 is 0. The fourth-order valence-corrected chi connectivity index (χ4v) is 4.11. The topological polar surface area (TPSA) is 122 Å². The van der Waals surface area contributed by atoms with Gasteiger partial charge in [-0.2, -0.15) is 0 Å². The number of nitrogen functional groups attached to an aromatic ring is 2. The summed E-state index contributed by atoms with van der Waals surface area (Å²) in [6.45, 7) is 9.19. The summed E-state index contributed by atoms with van der Waals surface area (Å²) in [5, 5.41) is 7.46. The van der Waals surface area contributed by atoms with Gasteiger partial charge in [-0.05, 0) is 51.5 Å². The fraction of sp³-hybridized carbons (Fsp3) is 0.542. The third kappa shape index (κ3) is 5.81. The van der Waals surface area contributed by atoms with Gasteiger partial charge in [0.25, 0.3) is 0 Å². The van der Waals surface area contributed by atoms with Crippen molar-refractivity contribution >= 4 is 34.3 Å². The van der Waals surface area contributed by atoms with E-state index in [2.05, 4.69) is 22.5 Å². The van der Waals surface area contributed by atoms with Crippen LogP contribution >= 0.6 is 0 Å². The molecule has 0 radical (unpaired) electrons. The van der Waals surface area contributed by atoms with Crippen molar-refractivity contribution < 1.29 is 4.79 Å². The second-order valence-electron chi connectivity index (χ2n) is 8.78. The van der Waals surface area contributed by atoms with E-state index in [1.54, 1.807) is 0 Å². The molecule has 1 aliphatic rings. The van der Waals surface area contributed by atoms with Crippen molar-refractivity contribution in [2.45, 2.75) is 52.5 Å². The number of fused-ring (bicyclic) bond motifs is 1. The summed E-state index contributed by atoms with van der Waals surface area (Å²) in [5.74, 6) is 1.69. The van der Waals surface area contributed by atoms with Gasteiger partial charge in [-0.25, -0.2) is 9.78 Å². The van der Waals surface area contributed by atoms with Gasteiger partial charge in [0.1, 0.15) is 11.7 Å². The number of nitrogens with one attached hydrogen (secondary N) is 2. The SMILES string of the molecule is CCCN=C(NCCC1CCN(C(=O)NC(C)C)CC1)c1c(N)c(N)nc2ccccc12. The number of carbonyl (C=O) groups is 1. The Morgan fingerprint density at radius 3 is 2.66 bits per heavy atom. The van der Waals surface area contributed by atoms with Crippen LogP contribution in [0.3, 0.4) is 0 Å². The van der Waals surface area contributed by atoms with E-state index in [0.29, 0.717) is 24.0 Å². The molecule has 3 rings (SSSR count). The first kappa shape index (κ1) is 23.6. The first-order valence-electron chi connectivity index (χ1n) is 11.7. The number of likely N-dealkylation sites (tertiary alicyclic amines) is 1. The number of rotatable bonds is 7. The monoisotopic (exact) mass is 439 g/mol. The predicted octanol–water partition coefficient (Wildman–Crippen LogP) is 3.37. The van der Waals surface area contributed by atoms with Gasteiger partial charge in [-0.15, -0.1) is 0 Å². The van der Waals surface area contributed by atoms with E-state index in [0.717, 1.165) is 67.6 Å². The Labute approximate surface area is 190 Å². The van der Waals surface area contributed by atoms with Crippen LogP contribution in [0.1, 0.15) is 52.0 Å². The minimum absolute atomic E-state index is 0.0446. The van der Waals surface area contributed by atoms with Gasteiger partial charge in [0.15, 0.2) is 0 Å². The van der Waals surface area contributed by atoms with Gasteiger partial charge in [0, 0.05) is 37.6 Å². The third-order valence-corrected chi connectivity index (χ3v) is 5.85. The maximum Gasteiger partial charge on any atom is 0.317 e. The van der Waals surface area contributed by atoms with Crippen molar-refractivity contribution in [1.82, 2.24) is 20.5 Å². The standard InChI is InChI=1S/C24H37N7O/c1-4-12-27-23(20-18-7-5-6-8-19(18)30-22(26)21(20)25)28-13-9-17-10-14-31(15-11-17)24(32)29-16(2)3/h5-8,16-17H,4,9-15,25H2,1-3H3,(H2,26,30)(H,27,28)(H,29,32). The average molecular weight is 440 g/mol. The number of hydrogen-bond donors (Lipinski definition) is 4. The number of pyridine rings is 1. The quantitative estimate of drug-likeness (QED) is 0.389. The Balaban J connectivity index is 1.65. The number of hydrogen-bond acceptors (Lipinski definition) is 5. The smallest absolute Gasteiger partial charge is 0.317 e. The maximum absolute atomic E-state index is 12.2. The molecule has 6 N–H and O–H groups in total. The maximum atomic E-state index is 12.2. The molecule has 0 unspecified atom stereocenters. The Bertz CT molecular complexity index is 949. The van der Waals surface area contributed by atoms with Crippen molar-refractivity contribution in [2.24, 2.45) is 10.9 Å². The van der Waals surface area contributed by atoms with E-state index >= 15 is 0 Å². The van der Waals surface area contributed by atoms with Gasteiger partial charge in [-0.1, -0.05) is 25.1 Å². The first-order valence-corrected chi connectivity index (χ1v) is 11.7. The summed E-state index contributed by atoms with van der Waals surface area (Å²) in [6, 6.07) is 8.08. The third-order valence-electron chi connectivity index (χ3n) is 5.85. The number of nitrogens with two attached hydrogens (primary N) is 2. The Kier molecular flexibility index (Phi) is 8.14. The molecule has 8 nitrogen and oxygen atoms in total. The van der Waals surface area contributed by atoms with Crippen LogP contribution in [-0.4, -0.2) is 54.0 Å². The Morgan fingerprint density at radius 2 is 1.97 bits per heavy atom. The van der Waals surface area contributed by atoms with Gasteiger partial charge in [-0.3, -0.25) is 4.99 Å². The van der Waals surface area contributed by atoms with E-state index in [-0.39, 0.29) is 12.1 Å². The predicted molar refractivity (Wildman–Crippen MR) is 133 cm³/mol. The molecule has 32 heavy (non-hydrogen) atoms. The lowest BCUT2D eigenvalue weighted by Gasteiger charge is -2.32. The number of amidine groups is 1. The molecule has 2 aromatic rings. The second-order valence-corrected chi connectivity index (χ2v) is 8.78. The molecule has 8 heteroatoms. The first-order chi connectivity index (χ1) is 15.4. The summed E-state index contributed by atoms with van der Waals surface area (Å²) < 4.78 is 0. The van der Waals surface area contributed by atoms with Crippen LogP contribution in [0.2, 0.25) is 0 Å². The number of aliphatic imine (C=N–C) groups is 1. The molecule has 1 aliphatic heterocycles. The van der Waals surface area contributed by atoms with Gasteiger partial charge >= 0.3 is 6.03 Å². The van der Waals surface area contributed by atoms with Crippen LogP contribution in [0.5, 0.6) is 0 Å². The lowest BCUT2D eigenvalue weighted by atomic mass is 9.93. The minimum atomic E-state index is 0.0446. The highest BCUT2D eigenvalue weighted by molar-refractivity contribution is 6.14. The van der Waals surface area contributed by atoms with Crippen LogP contribution in [0.15, 0.2) is 29.3 Å². The average Bonchev–Trinajstić information content (AvgIpc) is 2.77. The number of aromatic nitrogens is 1. The normalized spacial score (nSPS) is 15.4. The van der Waals surface area contributed by atoms with Crippen LogP contribution in [0.4, 0.5) is 16.3 Å². The fourth-order valence-electron chi connectivity index (χ4n) is 4.11. The molecule has 0 bridgehead atoms. The molecule has 174 valence electrons. The molecular weight excluding hydrogens is 402 g/mol. The largest absolute Gasteiger partial charge is 0.395 e. The molecular formula is C24H37N7O. The zero-order chi connectivity index (χ0) is 23.1. The highest BCUT2D eigenvalue weighted by Gasteiger charge is 2.23. The lowest BCUT2D eigenvalue weighted by molar-refractivity contribution is 0.166. The molecule has 2 heterocycles. The molecule has 1 aromatic heterocycles. The van der Waals surface area contributed by atoms with Gasteiger partial charge < -0.3 is 27.0 Å². The number of anilines is 2. The highest BCUT2D eigenvalue weighted by atomic mass is 16.2. The van der Waals surface area contributed by atoms with Crippen molar-refractivity contribution in [3.63, 3.8) is 0 Å². The number of benzene rings is 1. The van der Waals surface area contributed by atoms with Crippen LogP contribution in [-0.2, 0) is 0 Å². The van der Waals surface area contributed by atoms with Crippen molar-refractivity contribution in [3.8, 4) is 0 Å². The molecule has 0 spiro atoms. The molecule has 0 saturated carbocycles. The van der Waals surface area contributed by atoms with Gasteiger partial charge in [0.2, 0.25) is 0 Å². The Hall–Kier alpha value is -3.03. The Morgan fingerprint density at radius 1 is 1.25 bits per heavy atom. The van der Waals surface area contributed by atoms with Crippen LogP contribution in [0, 0.1) is 5.92 Å². The molecule has 0 atom stereocenters. The minimum Gasteiger partial charge on any atom is -0.395 e. The number of carbonyl (C=O) groups excluding carboxylic acids is 1. The second kappa shape index (κ2) is 11.0. The summed E-state index contributed by atoms with van der Waals surface area (Å²) in [4.78, 5) is 23.3. The van der Waals surface area contributed by atoms with Crippen molar-refractivity contribution in [2.75, 3.05) is 37.6 Å². The van der Waals surface area contributed by atoms with Gasteiger partial charge in [0.05, 0.1) is 16.8 Å². The van der Waals surface area contributed by atoms with E-state index in [1.807, 2.05) is 43.0 Å². The highest BCUT2D eigenvalue weighted by Crippen LogP contribution is 2.27. The van der Waals surface area contributed by atoms with Crippen LogP contribution < -0.4 is 22.1 Å². The molecule has 1 fully saturated rings. The van der Waals surface area contributed by atoms with E-state index in [9.17, 15) is 4.79 Å². The zero-order valence-electron chi connectivity index (χ0n) is 19.5. The van der Waals surface area contributed by atoms with E-state index < -0.39 is 0 Å². The summed E-state index contributed by atoms with van der Waals surface area (Å²) in [7, 11) is 0. The number of amides is 2. The number of piperidine rings is 1. The molecule has 1 aromatic carbocycles. The number of nitrogens with zero attached hydrogens (tertiary/aromatic N) is 3. The summed E-state index contributed by atoms with van der Waals surface area (Å²) in [5.41, 5.74) is 14.6. The van der Waals surface area contributed by atoms with E-state index in [1.165, 1.54) is 0 Å². The summed E-state index contributed by atoms with van der Waals surface area (Å²) in [6.07, 6.45) is 3.99.